The summed E-state index contributed by atoms with van der Waals surface area (Å²) in [6, 6.07) is 16.7. The van der Waals surface area contributed by atoms with Crippen molar-refractivity contribution in [2.75, 3.05) is 34.5 Å². The van der Waals surface area contributed by atoms with Gasteiger partial charge in [-0.25, -0.2) is 0 Å². The van der Waals surface area contributed by atoms with E-state index >= 15 is 0 Å². The fraction of sp³-hybridized carbons (Fsp3) is 0.346. The highest BCUT2D eigenvalue weighted by molar-refractivity contribution is 5.52. The minimum absolute atomic E-state index is 0.0142. The van der Waals surface area contributed by atoms with E-state index in [0.29, 0.717) is 13.2 Å². The predicted molar refractivity (Wildman–Crippen MR) is 124 cm³/mol. The molecular formula is C26H30N2O4. The van der Waals surface area contributed by atoms with Crippen LogP contribution < -0.4 is 19.5 Å². The first kappa shape index (κ1) is 22.1. The van der Waals surface area contributed by atoms with E-state index in [0.717, 1.165) is 40.5 Å². The van der Waals surface area contributed by atoms with Gasteiger partial charge in [0.15, 0.2) is 11.5 Å². The number of ether oxygens (including phenoxy) is 4. The van der Waals surface area contributed by atoms with E-state index in [1.165, 1.54) is 11.1 Å². The monoisotopic (exact) mass is 434 g/mol. The van der Waals surface area contributed by atoms with Crippen LogP contribution in [0, 0.1) is 6.92 Å². The highest BCUT2D eigenvalue weighted by Crippen LogP contribution is 2.41. The number of pyridine rings is 1. The van der Waals surface area contributed by atoms with Gasteiger partial charge in [0.05, 0.1) is 38.6 Å². The maximum Gasteiger partial charge on any atom is 0.161 e. The fourth-order valence-electron chi connectivity index (χ4n) is 4.10. The van der Waals surface area contributed by atoms with Crippen molar-refractivity contribution in [2.45, 2.75) is 25.4 Å². The first-order chi connectivity index (χ1) is 15.6. The molecule has 0 saturated heterocycles. The number of hydrogen-bond donors (Lipinski definition) is 1. The van der Waals surface area contributed by atoms with E-state index in [1.807, 2.05) is 18.3 Å². The second-order valence-electron chi connectivity index (χ2n) is 7.93. The van der Waals surface area contributed by atoms with Crippen LogP contribution in [0.15, 0.2) is 54.7 Å². The third-order valence-corrected chi connectivity index (χ3v) is 5.81. The van der Waals surface area contributed by atoms with Crippen LogP contribution in [0.1, 0.15) is 40.0 Å². The minimum Gasteiger partial charge on any atom is -0.493 e. The van der Waals surface area contributed by atoms with E-state index < -0.39 is 0 Å². The molecule has 2 aromatic carbocycles. The van der Waals surface area contributed by atoms with Crippen LogP contribution in [0.4, 0.5) is 0 Å². The van der Waals surface area contributed by atoms with Crippen molar-refractivity contribution in [3.8, 4) is 17.2 Å². The second-order valence-corrected chi connectivity index (χ2v) is 7.93. The maximum atomic E-state index is 5.73. The van der Waals surface area contributed by atoms with Crippen LogP contribution in [0.2, 0.25) is 0 Å². The zero-order chi connectivity index (χ0) is 22.5. The Kier molecular flexibility index (Phi) is 6.93. The molecule has 0 spiro atoms. The van der Waals surface area contributed by atoms with Gasteiger partial charge in [-0.15, -0.1) is 0 Å². The number of aryl methyl sites for hydroxylation is 1. The molecule has 168 valence electrons. The number of methoxy groups -OCH3 is 3. The van der Waals surface area contributed by atoms with Crippen LogP contribution in [-0.4, -0.2) is 39.5 Å². The van der Waals surface area contributed by atoms with E-state index in [9.17, 15) is 0 Å². The van der Waals surface area contributed by atoms with Gasteiger partial charge < -0.3 is 18.9 Å². The normalized spacial score (nSPS) is 17.5. The molecule has 6 heteroatoms. The summed E-state index contributed by atoms with van der Waals surface area (Å²) in [5.41, 5.74) is 5.73. The van der Waals surface area contributed by atoms with E-state index in [2.05, 4.69) is 53.6 Å². The standard InChI is InChI=1S/C26H30N2O4/c1-17-5-10-22(27-16-17)23-13-19-14-24(30-3)25(31-4)15-21(19)26(28-23)18-6-8-20(9-7-18)32-12-11-29-2/h5-10,14-16,23,26,28H,11-13H2,1-4H3/t23-,26-/m1/s1. The quantitative estimate of drug-likeness (QED) is 0.530. The molecule has 1 N–H and O–H groups in total. The average Bonchev–Trinajstić information content (AvgIpc) is 2.83. The first-order valence-corrected chi connectivity index (χ1v) is 10.8. The molecule has 3 aromatic rings. The summed E-state index contributed by atoms with van der Waals surface area (Å²) in [5, 5.41) is 3.80. The van der Waals surface area contributed by atoms with E-state index in [-0.39, 0.29) is 12.1 Å². The van der Waals surface area contributed by atoms with Crippen LogP contribution in [0.25, 0.3) is 0 Å². The van der Waals surface area contributed by atoms with Crippen molar-refractivity contribution >= 4 is 0 Å². The fourth-order valence-corrected chi connectivity index (χ4v) is 4.10. The number of fused-ring (bicyclic) bond motifs is 1. The molecule has 0 bridgehead atoms. The highest BCUT2D eigenvalue weighted by atomic mass is 16.5. The number of hydrogen-bond acceptors (Lipinski definition) is 6. The molecule has 32 heavy (non-hydrogen) atoms. The number of benzene rings is 2. The van der Waals surface area contributed by atoms with Crippen LogP contribution >= 0.6 is 0 Å². The van der Waals surface area contributed by atoms with Crippen molar-refractivity contribution in [3.05, 3.63) is 82.7 Å². The Labute approximate surface area is 189 Å². The molecule has 0 fully saturated rings. The number of nitrogens with one attached hydrogen (secondary N) is 1. The molecular weight excluding hydrogens is 404 g/mol. The van der Waals surface area contributed by atoms with Crippen LogP contribution in [0.5, 0.6) is 17.2 Å². The predicted octanol–water partition coefficient (Wildman–Crippen LogP) is 4.41. The molecule has 4 rings (SSSR count). The lowest BCUT2D eigenvalue weighted by atomic mass is 9.85. The zero-order valence-electron chi connectivity index (χ0n) is 19.1. The van der Waals surface area contributed by atoms with Crippen molar-refractivity contribution < 1.29 is 18.9 Å². The van der Waals surface area contributed by atoms with Gasteiger partial charge in [0.2, 0.25) is 0 Å². The van der Waals surface area contributed by atoms with Crippen molar-refractivity contribution in [3.63, 3.8) is 0 Å². The lowest BCUT2D eigenvalue weighted by Crippen LogP contribution is -2.34. The number of rotatable bonds is 8. The molecule has 0 unspecified atom stereocenters. The van der Waals surface area contributed by atoms with E-state index in [1.54, 1.807) is 21.3 Å². The van der Waals surface area contributed by atoms with Gasteiger partial charge in [-0.1, -0.05) is 18.2 Å². The molecule has 1 aliphatic rings. The van der Waals surface area contributed by atoms with Gasteiger partial charge in [0.1, 0.15) is 12.4 Å². The summed E-state index contributed by atoms with van der Waals surface area (Å²) < 4.78 is 22.0. The zero-order valence-corrected chi connectivity index (χ0v) is 19.1. The average molecular weight is 435 g/mol. The SMILES string of the molecule is COCCOc1ccc([C@H]2N[C@@H](c3ccc(C)cn3)Cc3cc(OC)c(OC)cc32)cc1. The second kappa shape index (κ2) is 10.0. The van der Waals surface area contributed by atoms with E-state index in [4.69, 9.17) is 18.9 Å². The van der Waals surface area contributed by atoms with Gasteiger partial charge in [0, 0.05) is 13.3 Å². The van der Waals surface area contributed by atoms with Crippen LogP contribution in [0.3, 0.4) is 0 Å². The van der Waals surface area contributed by atoms with Crippen LogP contribution in [-0.2, 0) is 11.2 Å². The third kappa shape index (κ3) is 4.71. The number of aromatic nitrogens is 1. The minimum atomic E-state index is -0.0142. The Morgan fingerprint density at radius 2 is 1.69 bits per heavy atom. The van der Waals surface area contributed by atoms with Gasteiger partial charge in [-0.2, -0.15) is 0 Å². The maximum absolute atomic E-state index is 5.73. The van der Waals surface area contributed by atoms with Gasteiger partial charge in [0.25, 0.3) is 0 Å². The highest BCUT2D eigenvalue weighted by Gasteiger charge is 2.30. The molecule has 0 amide bonds. The molecule has 2 heterocycles. The Hall–Kier alpha value is -3.09. The topological polar surface area (TPSA) is 61.8 Å². The third-order valence-electron chi connectivity index (χ3n) is 5.81. The lowest BCUT2D eigenvalue weighted by molar-refractivity contribution is 0.146. The summed E-state index contributed by atoms with van der Waals surface area (Å²) in [6.45, 7) is 3.14. The van der Waals surface area contributed by atoms with Gasteiger partial charge >= 0.3 is 0 Å². The first-order valence-electron chi connectivity index (χ1n) is 10.8. The lowest BCUT2D eigenvalue weighted by Gasteiger charge is -2.34. The summed E-state index contributed by atoms with van der Waals surface area (Å²) in [7, 11) is 5.01. The summed E-state index contributed by atoms with van der Waals surface area (Å²) in [5.74, 6) is 2.29. The Bertz CT molecular complexity index is 1030. The molecule has 0 aliphatic carbocycles. The smallest absolute Gasteiger partial charge is 0.161 e. The summed E-state index contributed by atoms with van der Waals surface area (Å²) >= 11 is 0. The summed E-state index contributed by atoms with van der Waals surface area (Å²) in [4.78, 5) is 4.68. The molecule has 1 aliphatic heterocycles. The van der Waals surface area contributed by atoms with Gasteiger partial charge in [-0.3, -0.25) is 10.3 Å². The Morgan fingerprint density at radius 1 is 0.938 bits per heavy atom. The summed E-state index contributed by atoms with van der Waals surface area (Å²) in [6.07, 6.45) is 2.74. The largest absolute Gasteiger partial charge is 0.493 e. The molecule has 0 saturated carbocycles. The van der Waals surface area contributed by atoms with Crippen molar-refractivity contribution in [2.24, 2.45) is 0 Å². The van der Waals surface area contributed by atoms with Gasteiger partial charge in [-0.05, 0) is 65.9 Å². The Morgan fingerprint density at radius 3 is 2.34 bits per heavy atom. The molecule has 6 nitrogen and oxygen atoms in total. The number of nitrogens with zero attached hydrogens (tertiary/aromatic N) is 1. The molecule has 0 radical (unpaired) electrons. The van der Waals surface area contributed by atoms with Crippen molar-refractivity contribution in [1.29, 1.82) is 0 Å². The Balaban J connectivity index is 1.70. The van der Waals surface area contributed by atoms with Crippen molar-refractivity contribution in [1.82, 2.24) is 10.3 Å². The molecule has 2 atom stereocenters. The molecule has 1 aromatic heterocycles.